The van der Waals surface area contributed by atoms with Crippen molar-refractivity contribution in [3.05, 3.63) is 43.8 Å². The van der Waals surface area contributed by atoms with Crippen LogP contribution in [0.3, 0.4) is 0 Å². The molecular formula is C28H54Cl4N2Si2Ti2. The van der Waals surface area contributed by atoms with Gasteiger partial charge in [-0.1, -0.05) is 59.6 Å². The molecule has 0 radical (unpaired) electrons. The van der Waals surface area contributed by atoms with Gasteiger partial charge in [-0.05, 0) is 104 Å². The van der Waals surface area contributed by atoms with E-state index in [4.69, 9.17) is 0 Å². The van der Waals surface area contributed by atoms with Crippen LogP contribution in [0, 0.1) is 11.8 Å². The third-order valence-electron chi connectivity index (χ3n) is 10.3. The second kappa shape index (κ2) is 19.2. The SMILES string of the molecule is CC1=C(C)C(C)C([SiH](C)N(C)C2CCC(N(C)[SiH](C)C3=C(C)C(C)=C(C)C3C)CC2)=C1C.Cl.Cl.Cl.Cl.[Ti].[Ti]. The molecule has 4 atom stereocenters. The van der Waals surface area contributed by atoms with Crippen molar-refractivity contribution in [2.75, 3.05) is 14.1 Å². The molecule has 10 heteroatoms. The summed E-state index contributed by atoms with van der Waals surface area (Å²) in [5.41, 5.74) is 9.58. The smallest absolute Gasteiger partial charge is 0.137 e. The molecule has 3 aliphatic rings. The average Bonchev–Trinajstić information content (AvgIpc) is 3.10. The number of rotatable bonds is 6. The number of allylic oxidation sites excluding steroid dienone is 8. The Balaban J connectivity index is -0.000000963. The molecule has 2 nitrogen and oxygen atoms in total. The van der Waals surface area contributed by atoms with Gasteiger partial charge in [0.1, 0.15) is 17.9 Å². The molecule has 0 saturated heterocycles. The van der Waals surface area contributed by atoms with Crippen LogP contribution in [-0.2, 0) is 43.4 Å². The van der Waals surface area contributed by atoms with E-state index in [1.165, 1.54) is 25.7 Å². The van der Waals surface area contributed by atoms with Crippen LogP contribution in [0.5, 0.6) is 0 Å². The first-order valence-electron chi connectivity index (χ1n) is 13.1. The van der Waals surface area contributed by atoms with Crippen LogP contribution in [0.25, 0.3) is 0 Å². The normalized spacial score (nSPS) is 26.7. The molecule has 38 heavy (non-hydrogen) atoms. The van der Waals surface area contributed by atoms with Crippen molar-refractivity contribution < 1.29 is 43.4 Å². The van der Waals surface area contributed by atoms with Crippen LogP contribution in [-0.4, -0.2) is 53.2 Å². The van der Waals surface area contributed by atoms with E-state index in [0.717, 1.165) is 12.1 Å². The monoisotopic (exact) mass is 710 g/mol. The molecule has 0 amide bonds. The first-order valence-corrected chi connectivity index (χ1v) is 17.6. The molecule has 0 bridgehead atoms. The predicted molar refractivity (Wildman–Crippen MR) is 177 cm³/mol. The van der Waals surface area contributed by atoms with Crippen LogP contribution < -0.4 is 0 Å². The largest absolute Gasteiger partial charge is 0.323 e. The third-order valence-corrected chi connectivity index (χ3v) is 17.3. The summed E-state index contributed by atoms with van der Waals surface area (Å²) in [5, 5.41) is 3.61. The Kier molecular flexibility index (Phi) is 23.7. The van der Waals surface area contributed by atoms with Gasteiger partial charge in [0.05, 0.1) is 0 Å². The minimum atomic E-state index is -1.08. The number of halogens is 4. The van der Waals surface area contributed by atoms with Gasteiger partial charge in [0.2, 0.25) is 0 Å². The fourth-order valence-electron chi connectivity index (χ4n) is 7.08. The fourth-order valence-corrected chi connectivity index (χ4v) is 13.5. The molecule has 1 fully saturated rings. The molecule has 3 rings (SSSR count). The van der Waals surface area contributed by atoms with Crippen molar-refractivity contribution in [1.29, 1.82) is 0 Å². The first kappa shape index (κ1) is 46.8. The van der Waals surface area contributed by atoms with Crippen LogP contribution in [0.15, 0.2) is 43.8 Å². The Morgan fingerprint density at radius 2 is 0.763 bits per heavy atom. The van der Waals surface area contributed by atoms with Gasteiger partial charge >= 0.3 is 0 Å². The van der Waals surface area contributed by atoms with E-state index in [0.29, 0.717) is 11.8 Å². The van der Waals surface area contributed by atoms with Crippen molar-refractivity contribution in [2.45, 2.75) is 106 Å². The summed E-state index contributed by atoms with van der Waals surface area (Å²) in [6.45, 7) is 24.2. The van der Waals surface area contributed by atoms with Crippen molar-refractivity contribution in [1.82, 2.24) is 9.13 Å². The zero-order valence-electron chi connectivity index (χ0n) is 25.8. The molecule has 0 aromatic rings. The van der Waals surface area contributed by atoms with Crippen LogP contribution >= 0.6 is 49.6 Å². The second-order valence-corrected chi connectivity index (χ2v) is 16.9. The van der Waals surface area contributed by atoms with Crippen LogP contribution in [0.1, 0.15) is 81.1 Å². The van der Waals surface area contributed by atoms with Gasteiger partial charge in [0, 0.05) is 55.5 Å². The third kappa shape index (κ3) is 8.96. The molecule has 0 aromatic carbocycles. The van der Waals surface area contributed by atoms with E-state index < -0.39 is 17.9 Å². The van der Waals surface area contributed by atoms with Crippen molar-refractivity contribution in [2.24, 2.45) is 11.8 Å². The zero-order chi connectivity index (χ0) is 24.1. The van der Waals surface area contributed by atoms with Gasteiger partial charge in [-0.15, -0.1) is 49.6 Å². The molecule has 0 spiro atoms. The van der Waals surface area contributed by atoms with Gasteiger partial charge < -0.3 is 9.13 Å². The van der Waals surface area contributed by atoms with E-state index in [-0.39, 0.29) is 93.1 Å². The summed E-state index contributed by atoms with van der Waals surface area (Å²) in [6, 6.07) is 1.56. The minimum Gasteiger partial charge on any atom is -0.323 e. The number of hydrogen-bond acceptors (Lipinski definition) is 2. The van der Waals surface area contributed by atoms with E-state index in [1.807, 2.05) is 0 Å². The van der Waals surface area contributed by atoms with E-state index in [1.54, 1.807) is 43.8 Å². The second-order valence-electron chi connectivity index (χ2n) is 11.4. The maximum Gasteiger partial charge on any atom is 0.137 e. The average molecular weight is 712 g/mol. The Morgan fingerprint density at radius 3 is 0.947 bits per heavy atom. The summed E-state index contributed by atoms with van der Waals surface area (Å²) < 4.78 is 5.70. The summed E-state index contributed by atoms with van der Waals surface area (Å²) in [5.74, 6) is 1.33. The van der Waals surface area contributed by atoms with Gasteiger partial charge in [-0.25, -0.2) is 0 Å². The minimum absolute atomic E-state index is 0. The molecule has 0 N–H and O–H groups in total. The van der Waals surface area contributed by atoms with Crippen LogP contribution in [0.4, 0.5) is 0 Å². The summed E-state index contributed by atoms with van der Waals surface area (Å²) >= 11 is 0. The maximum absolute atomic E-state index is 2.85. The predicted octanol–water partition coefficient (Wildman–Crippen LogP) is 8.23. The first-order chi connectivity index (χ1) is 14.9. The quantitative estimate of drug-likeness (QED) is 0.256. The fraction of sp³-hybridized carbons (Fsp3) is 0.714. The van der Waals surface area contributed by atoms with Crippen molar-refractivity contribution in [3.63, 3.8) is 0 Å². The summed E-state index contributed by atoms with van der Waals surface area (Å²) in [7, 11) is 2.75. The Morgan fingerprint density at radius 1 is 0.526 bits per heavy atom. The van der Waals surface area contributed by atoms with E-state index >= 15 is 0 Å². The Labute approximate surface area is 293 Å². The standard InChI is InChI=1S/C28H50N2Si2.4ClH.2Ti/c1-17-18(2)22(6)27(21(17)5)31(11)29(9)25-13-15-26(16-14-25)30(10)32(12)28-23(7)19(3)20(4)24(28)8;;;;;;/h21,23,25-26,31-32H,13-16H2,1-12H3;4*1H;;. The molecule has 220 valence electrons. The van der Waals surface area contributed by atoms with E-state index in [2.05, 4.69) is 91.7 Å². The number of nitrogens with zero attached hydrogens (tertiary/aromatic N) is 2. The van der Waals surface area contributed by atoms with Gasteiger partial charge in [0.15, 0.2) is 0 Å². The molecule has 0 aromatic heterocycles. The van der Waals surface area contributed by atoms with Crippen molar-refractivity contribution >= 4 is 67.5 Å². The summed E-state index contributed by atoms with van der Waals surface area (Å²) in [4.78, 5) is 0. The zero-order valence-corrected chi connectivity index (χ0v) is 34.5. The Hall–Kier alpha value is 1.90. The molecule has 4 unspecified atom stereocenters. The van der Waals surface area contributed by atoms with Gasteiger partial charge in [-0.3, -0.25) is 0 Å². The number of hydrogen-bond donors (Lipinski definition) is 0. The Bertz CT molecular complexity index is 827. The van der Waals surface area contributed by atoms with Crippen LogP contribution in [0.2, 0.25) is 13.1 Å². The van der Waals surface area contributed by atoms with Crippen molar-refractivity contribution in [3.8, 4) is 0 Å². The van der Waals surface area contributed by atoms with Gasteiger partial charge in [0.25, 0.3) is 0 Å². The topological polar surface area (TPSA) is 6.48 Å². The van der Waals surface area contributed by atoms with E-state index in [9.17, 15) is 0 Å². The molecule has 0 heterocycles. The maximum atomic E-state index is 2.85. The summed E-state index contributed by atoms with van der Waals surface area (Å²) in [6.07, 6.45) is 5.50. The molecule has 0 aliphatic heterocycles. The molecule has 1 saturated carbocycles. The molecule has 3 aliphatic carbocycles. The van der Waals surface area contributed by atoms with Gasteiger partial charge in [-0.2, -0.15) is 0 Å². The molecular weight excluding hydrogens is 658 g/mol.